The average Bonchev–Trinajstić information content (AvgIpc) is 3.18. The molecule has 1 amide bonds. The smallest absolute Gasteiger partial charge is 0.408 e. The van der Waals surface area contributed by atoms with Gasteiger partial charge in [0.1, 0.15) is 24.1 Å². The molecule has 144 valence electrons. The maximum absolute atomic E-state index is 13.2. The summed E-state index contributed by atoms with van der Waals surface area (Å²) in [4.78, 5) is 20.8. The molecule has 7 nitrogen and oxygen atoms in total. The number of fused-ring (bicyclic) bond motifs is 1. The molecule has 4 rings (SSSR count). The molecule has 1 atom stereocenters. The van der Waals surface area contributed by atoms with Crippen LogP contribution in [0.3, 0.4) is 0 Å². The molecule has 3 aromatic rings. The fourth-order valence-electron chi connectivity index (χ4n) is 3.05. The summed E-state index contributed by atoms with van der Waals surface area (Å²) in [5.41, 5.74) is 0.901. The number of hydrogen-bond donors (Lipinski definition) is 1. The van der Waals surface area contributed by atoms with Gasteiger partial charge in [-0.15, -0.1) is 0 Å². The molecule has 1 unspecified atom stereocenters. The first-order chi connectivity index (χ1) is 13.3. The third kappa shape index (κ3) is 3.19. The Hall–Kier alpha value is -3.35. The van der Waals surface area contributed by atoms with Crippen molar-refractivity contribution in [3.8, 4) is 17.5 Å². The maximum atomic E-state index is 13.2. The van der Waals surface area contributed by atoms with Gasteiger partial charge in [-0.25, -0.2) is 9.97 Å². The molecule has 3 heterocycles. The average molecular weight is 389 g/mol. The van der Waals surface area contributed by atoms with Gasteiger partial charge in [-0.3, -0.25) is 9.20 Å². The molecule has 0 aromatic carbocycles. The van der Waals surface area contributed by atoms with E-state index in [-0.39, 0.29) is 17.1 Å². The number of carbonyl (C=O) groups excluding carboxylic acids is 1. The van der Waals surface area contributed by atoms with Crippen LogP contribution in [0, 0.1) is 24.2 Å². The van der Waals surface area contributed by atoms with Crippen molar-refractivity contribution in [2.45, 2.75) is 32.0 Å². The predicted molar refractivity (Wildman–Crippen MR) is 90.2 cm³/mol. The van der Waals surface area contributed by atoms with Crippen LogP contribution < -0.4 is 5.32 Å². The molecule has 0 bridgehead atoms. The first kappa shape index (κ1) is 18.0. The maximum Gasteiger partial charge on any atom is 0.408 e. The summed E-state index contributed by atoms with van der Waals surface area (Å²) in [5, 5.41) is 10.9. The van der Waals surface area contributed by atoms with Crippen LogP contribution in [0.2, 0.25) is 0 Å². The summed E-state index contributed by atoms with van der Waals surface area (Å²) in [6, 6.07) is 4.66. The first-order valence-electron chi connectivity index (χ1n) is 8.50. The van der Waals surface area contributed by atoms with Gasteiger partial charge in [0, 0.05) is 5.69 Å². The molecular weight excluding hydrogens is 375 g/mol. The van der Waals surface area contributed by atoms with Crippen molar-refractivity contribution in [1.82, 2.24) is 19.7 Å². The van der Waals surface area contributed by atoms with E-state index in [0.29, 0.717) is 30.0 Å². The number of rotatable bonds is 4. The molecule has 0 radical (unpaired) electrons. The van der Waals surface area contributed by atoms with Crippen LogP contribution in [0.15, 0.2) is 28.9 Å². The molecule has 10 heteroatoms. The first-order valence-corrected chi connectivity index (χ1v) is 8.50. The topological polar surface area (TPSA) is 96.2 Å². The Kier molecular flexibility index (Phi) is 4.10. The molecule has 3 aromatic heterocycles. The molecule has 1 saturated carbocycles. The van der Waals surface area contributed by atoms with Crippen molar-refractivity contribution >= 4 is 11.6 Å². The zero-order valence-corrected chi connectivity index (χ0v) is 14.6. The lowest BCUT2D eigenvalue weighted by atomic mass is 10.1. The van der Waals surface area contributed by atoms with Gasteiger partial charge >= 0.3 is 6.18 Å². The van der Waals surface area contributed by atoms with Crippen LogP contribution in [0.4, 0.5) is 13.2 Å². The molecule has 1 fully saturated rings. The summed E-state index contributed by atoms with van der Waals surface area (Å²) in [7, 11) is 0. The lowest BCUT2D eigenvalue weighted by Crippen LogP contribution is -2.47. The highest BCUT2D eigenvalue weighted by Gasteiger charge is 2.50. The number of furan rings is 1. The standard InChI is InChI=1S/C18H14F3N5O2/c1-9-6-12(13-5-4-11(7-22)28-13)24-16-14(23-8-26(9)16)17(27)25-15(10-2-3-10)18(19,20)21/h4-6,8,10,15H,2-3H2,1H3,(H,25,27). The number of alkyl halides is 3. The number of aryl methyl sites for hydroxylation is 1. The van der Waals surface area contributed by atoms with E-state index in [2.05, 4.69) is 15.3 Å². The highest BCUT2D eigenvalue weighted by Crippen LogP contribution is 2.40. The number of amides is 1. The molecule has 1 aliphatic rings. The number of halogens is 3. The van der Waals surface area contributed by atoms with Crippen LogP contribution in [0.25, 0.3) is 17.1 Å². The number of nitrogens with one attached hydrogen (secondary N) is 1. The van der Waals surface area contributed by atoms with Crippen molar-refractivity contribution in [3.05, 3.63) is 41.7 Å². The Morgan fingerprint density at radius 2 is 2.18 bits per heavy atom. The summed E-state index contributed by atoms with van der Waals surface area (Å²) in [6.45, 7) is 1.73. The number of nitrogens with zero attached hydrogens (tertiary/aromatic N) is 4. The van der Waals surface area contributed by atoms with E-state index in [0.717, 1.165) is 0 Å². The second-order valence-electron chi connectivity index (χ2n) is 6.68. The minimum absolute atomic E-state index is 0.0956. The number of nitriles is 1. The van der Waals surface area contributed by atoms with Crippen LogP contribution >= 0.6 is 0 Å². The van der Waals surface area contributed by atoms with Crippen LogP contribution in [0.1, 0.15) is 34.8 Å². The largest absolute Gasteiger partial charge is 0.444 e. The Morgan fingerprint density at radius 3 is 2.79 bits per heavy atom. The van der Waals surface area contributed by atoms with Crippen molar-refractivity contribution in [2.24, 2.45) is 5.92 Å². The van der Waals surface area contributed by atoms with E-state index in [1.807, 2.05) is 6.07 Å². The van der Waals surface area contributed by atoms with E-state index in [1.54, 1.807) is 19.1 Å². The molecule has 1 N–H and O–H groups in total. The fourth-order valence-corrected chi connectivity index (χ4v) is 3.05. The summed E-state index contributed by atoms with van der Waals surface area (Å²) in [5.74, 6) is -1.13. The molecule has 1 aliphatic carbocycles. The molecule has 0 saturated heterocycles. The van der Waals surface area contributed by atoms with Gasteiger partial charge in [0.25, 0.3) is 5.91 Å². The van der Waals surface area contributed by atoms with Crippen molar-refractivity contribution < 1.29 is 22.4 Å². The van der Waals surface area contributed by atoms with E-state index in [4.69, 9.17) is 9.68 Å². The quantitative estimate of drug-likeness (QED) is 0.739. The highest BCUT2D eigenvalue weighted by molar-refractivity contribution is 5.98. The van der Waals surface area contributed by atoms with Gasteiger partial charge in [0.2, 0.25) is 5.76 Å². The second-order valence-corrected chi connectivity index (χ2v) is 6.68. The minimum atomic E-state index is -4.53. The van der Waals surface area contributed by atoms with Gasteiger partial charge in [-0.05, 0) is 43.9 Å². The highest BCUT2D eigenvalue weighted by atomic mass is 19.4. The lowest BCUT2D eigenvalue weighted by Gasteiger charge is -2.20. The van der Waals surface area contributed by atoms with Gasteiger partial charge in [-0.1, -0.05) is 0 Å². The van der Waals surface area contributed by atoms with Crippen LogP contribution in [0.5, 0.6) is 0 Å². The summed E-state index contributed by atoms with van der Waals surface area (Å²) in [6.07, 6.45) is -2.34. The van der Waals surface area contributed by atoms with Crippen LogP contribution in [-0.2, 0) is 0 Å². The Bertz CT molecular complexity index is 1100. The van der Waals surface area contributed by atoms with E-state index >= 15 is 0 Å². The van der Waals surface area contributed by atoms with E-state index in [9.17, 15) is 18.0 Å². The third-order valence-electron chi connectivity index (χ3n) is 4.61. The summed E-state index contributed by atoms with van der Waals surface area (Å²) >= 11 is 0. The Morgan fingerprint density at radius 1 is 1.43 bits per heavy atom. The van der Waals surface area contributed by atoms with Gasteiger partial charge in [0.15, 0.2) is 17.1 Å². The number of imidazole rings is 1. The van der Waals surface area contributed by atoms with E-state index in [1.165, 1.54) is 16.8 Å². The lowest BCUT2D eigenvalue weighted by molar-refractivity contribution is -0.158. The second kappa shape index (κ2) is 6.37. The molecule has 0 spiro atoms. The molecule has 28 heavy (non-hydrogen) atoms. The van der Waals surface area contributed by atoms with Crippen molar-refractivity contribution in [2.75, 3.05) is 0 Å². The molecular formula is C18H14F3N5O2. The van der Waals surface area contributed by atoms with Gasteiger partial charge in [0.05, 0.1) is 0 Å². The number of carbonyl (C=O) groups is 1. The zero-order chi connectivity index (χ0) is 20.1. The van der Waals surface area contributed by atoms with Gasteiger partial charge in [-0.2, -0.15) is 18.4 Å². The normalized spacial score (nSPS) is 15.4. The van der Waals surface area contributed by atoms with Crippen molar-refractivity contribution in [1.29, 1.82) is 5.26 Å². The zero-order valence-electron chi connectivity index (χ0n) is 14.6. The Balaban J connectivity index is 1.71. The monoisotopic (exact) mass is 389 g/mol. The van der Waals surface area contributed by atoms with E-state index < -0.39 is 24.0 Å². The molecule has 0 aliphatic heterocycles. The number of hydrogen-bond acceptors (Lipinski definition) is 5. The number of aromatic nitrogens is 3. The SMILES string of the molecule is Cc1cc(-c2ccc(C#N)o2)nc2c(C(=O)NC(C3CC3)C(F)(F)F)ncn12. The Labute approximate surface area is 156 Å². The predicted octanol–water partition coefficient (Wildman–Crippen LogP) is 3.24. The third-order valence-corrected chi connectivity index (χ3v) is 4.61. The van der Waals surface area contributed by atoms with Crippen LogP contribution in [-0.4, -0.2) is 32.5 Å². The van der Waals surface area contributed by atoms with Gasteiger partial charge < -0.3 is 9.73 Å². The fraction of sp³-hybridized carbons (Fsp3) is 0.333. The van der Waals surface area contributed by atoms with Crippen molar-refractivity contribution in [3.63, 3.8) is 0 Å². The minimum Gasteiger partial charge on any atom is -0.444 e. The summed E-state index contributed by atoms with van der Waals surface area (Å²) < 4.78 is 46.5.